The number of aryl methyl sites for hydroxylation is 1. The third-order valence-corrected chi connectivity index (χ3v) is 3.12. The number of β-amino-alcohol motifs (C(OH)–C–C–N with tert-alkyl or cyclic N) is 1. The van der Waals surface area contributed by atoms with Crippen LogP contribution in [0.5, 0.6) is 0 Å². The number of para-hydroxylation sites is 1. The first-order valence-electron chi connectivity index (χ1n) is 5.67. The van der Waals surface area contributed by atoms with Crippen LogP contribution in [0.3, 0.4) is 0 Å². The van der Waals surface area contributed by atoms with Gasteiger partial charge in [0.15, 0.2) is 5.60 Å². The van der Waals surface area contributed by atoms with Gasteiger partial charge in [-0.25, -0.2) is 4.79 Å². The Morgan fingerprint density at radius 3 is 2.58 bits per heavy atom. The molecule has 1 aliphatic heterocycles. The number of carboxylic acid groups (broad SMARTS) is 1. The average Bonchev–Trinajstić information content (AvgIpc) is 2.55. The van der Waals surface area contributed by atoms with Crippen molar-refractivity contribution in [3.8, 4) is 0 Å². The summed E-state index contributed by atoms with van der Waals surface area (Å²) in [6.07, 6.45) is 0. The Kier molecular flexibility index (Phi) is 2.90. The summed E-state index contributed by atoms with van der Waals surface area (Å²) < 4.78 is 0. The van der Waals surface area contributed by atoms with Gasteiger partial charge in [-0.2, -0.15) is 0 Å². The Labute approximate surface area is 109 Å². The maximum absolute atomic E-state index is 11.9. The molecule has 0 saturated heterocycles. The van der Waals surface area contributed by atoms with Crippen LogP contribution in [0.4, 0.5) is 5.69 Å². The number of rotatable bonds is 3. The molecule has 1 aliphatic rings. The van der Waals surface area contributed by atoms with E-state index in [0.29, 0.717) is 11.3 Å². The van der Waals surface area contributed by atoms with Gasteiger partial charge in [-0.05, 0) is 25.5 Å². The molecular formula is C13H13NO5. The van der Waals surface area contributed by atoms with E-state index >= 15 is 0 Å². The van der Waals surface area contributed by atoms with Crippen molar-refractivity contribution < 1.29 is 24.6 Å². The summed E-state index contributed by atoms with van der Waals surface area (Å²) >= 11 is 0. The average molecular weight is 263 g/mol. The standard InChI is InChI=1S/C13H13NO5/c1-7-4-3-5-8-9(7)14(11(16)10(8)15)6-13(2,19)12(17)18/h3-5,19H,6H2,1-2H3,(H,17,18). The number of amides is 1. The van der Waals surface area contributed by atoms with Gasteiger partial charge in [-0.3, -0.25) is 9.59 Å². The number of aliphatic hydroxyl groups is 1. The summed E-state index contributed by atoms with van der Waals surface area (Å²) in [7, 11) is 0. The van der Waals surface area contributed by atoms with Crippen LogP contribution >= 0.6 is 0 Å². The van der Waals surface area contributed by atoms with Crippen molar-refractivity contribution in [3.63, 3.8) is 0 Å². The van der Waals surface area contributed by atoms with Crippen LogP contribution in [0.15, 0.2) is 18.2 Å². The van der Waals surface area contributed by atoms with Crippen molar-refractivity contribution in [1.29, 1.82) is 0 Å². The number of nitrogens with zero attached hydrogens (tertiary/aromatic N) is 1. The van der Waals surface area contributed by atoms with Crippen LogP contribution in [0.25, 0.3) is 0 Å². The zero-order valence-electron chi connectivity index (χ0n) is 10.5. The van der Waals surface area contributed by atoms with E-state index in [9.17, 15) is 19.5 Å². The van der Waals surface area contributed by atoms with E-state index in [1.807, 2.05) is 0 Å². The molecule has 0 aliphatic carbocycles. The minimum atomic E-state index is -2.11. The first kappa shape index (κ1) is 13.2. The van der Waals surface area contributed by atoms with Crippen LogP contribution in [0, 0.1) is 6.92 Å². The number of carboxylic acids is 1. The molecule has 6 heteroatoms. The van der Waals surface area contributed by atoms with Gasteiger partial charge >= 0.3 is 5.97 Å². The molecule has 0 bridgehead atoms. The van der Waals surface area contributed by atoms with E-state index in [4.69, 9.17) is 5.11 Å². The largest absolute Gasteiger partial charge is 0.479 e. The monoisotopic (exact) mass is 263 g/mol. The molecule has 1 atom stereocenters. The molecule has 1 heterocycles. The number of anilines is 1. The van der Waals surface area contributed by atoms with Crippen molar-refractivity contribution >= 4 is 23.3 Å². The fourth-order valence-electron chi connectivity index (χ4n) is 2.07. The number of Topliss-reactive ketones (excluding diaryl/α,β-unsaturated/α-hetero) is 1. The molecule has 19 heavy (non-hydrogen) atoms. The zero-order valence-corrected chi connectivity index (χ0v) is 10.5. The number of fused-ring (bicyclic) bond motifs is 1. The molecule has 1 unspecified atom stereocenters. The first-order valence-corrected chi connectivity index (χ1v) is 5.67. The molecular weight excluding hydrogens is 250 g/mol. The summed E-state index contributed by atoms with van der Waals surface area (Å²) in [5.74, 6) is -2.94. The molecule has 1 aromatic carbocycles. The van der Waals surface area contributed by atoms with Crippen LogP contribution < -0.4 is 4.90 Å². The van der Waals surface area contributed by atoms with E-state index < -0.39 is 29.8 Å². The molecule has 0 saturated carbocycles. The van der Waals surface area contributed by atoms with Crippen molar-refractivity contribution in [1.82, 2.24) is 0 Å². The lowest BCUT2D eigenvalue weighted by Gasteiger charge is -2.26. The highest BCUT2D eigenvalue weighted by atomic mass is 16.4. The number of carbonyl (C=O) groups is 3. The van der Waals surface area contributed by atoms with E-state index in [-0.39, 0.29) is 5.56 Å². The SMILES string of the molecule is Cc1cccc2c1N(CC(C)(O)C(=O)O)C(=O)C2=O. The lowest BCUT2D eigenvalue weighted by atomic mass is 10.1. The molecule has 0 radical (unpaired) electrons. The van der Waals surface area contributed by atoms with Crippen molar-refractivity contribution in [2.24, 2.45) is 0 Å². The summed E-state index contributed by atoms with van der Waals surface area (Å²) in [5, 5.41) is 18.7. The molecule has 0 spiro atoms. The lowest BCUT2D eigenvalue weighted by molar-refractivity contribution is -0.155. The van der Waals surface area contributed by atoms with Crippen molar-refractivity contribution in [2.75, 3.05) is 11.4 Å². The second kappa shape index (κ2) is 4.17. The predicted molar refractivity (Wildman–Crippen MR) is 66.1 cm³/mol. The first-order chi connectivity index (χ1) is 8.75. The number of aliphatic carboxylic acids is 1. The number of ketones is 1. The fraction of sp³-hybridized carbons (Fsp3) is 0.308. The lowest BCUT2D eigenvalue weighted by Crippen LogP contribution is -2.48. The predicted octanol–water partition coefficient (Wildman–Crippen LogP) is 0.360. The third-order valence-electron chi connectivity index (χ3n) is 3.12. The second-order valence-electron chi connectivity index (χ2n) is 4.77. The normalized spacial score (nSPS) is 17.3. The van der Waals surface area contributed by atoms with Gasteiger partial charge in [0.1, 0.15) is 0 Å². The van der Waals surface area contributed by atoms with Crippen LogP contribution in [0.1, 0.15) is 22.8 Å². The third kappa shape index (κ3) is 2.00. The summed E-state index contributed by atoms with van der Waals surface area (Å²) in [5.41, 5.74) is -0.817. The molecule has 1 aromatic rings. The topological polar surface area (TPSA) is 94.9 Å². The number of carbonyl (C=O) groups excluding carboxylic acids is 2. The number of hydrogen-bond acceptors (Lipinski definition) is 4. The van der Waals surface area contributed by atoms with Crippen molar-refractivity contribution in [2.45, 2.75) is 19.4 Å². The van der Waals surface area contributed by atoms with Gasteiger partial charge in [0.2, 0.25) is 0 Å². The molecule has 0 fully saturated rings. The molecule has 6 nitrogen and oxygen atoms in total. The van der Waals surface area contributed by atoms with Gasteiger partial charge in [0.25, 0.3) is 11.7 Å². The Balaban J connectivity index is 2.47. The highest BCUT2D eigenvalue weighted by Crippen LogP contribution is 2.33. The number of benzene rings is 1. The van der Waals surface area contributed by atoms with Crippen LogP contribution in [-0.2, 0) is 9.59 Å². The van der Waals surface area contributed by atoms with Crippen LogP contribution in [-0.4, -0.2) is 40.0 Å². The molecule has 2 rings (SSSR count). The van der Waals surface area contributed by atoms with Gasteiger partial charge in [0.05, 0.1) is 17.8 Å². The van der Waals surface area contributed by atoms with Crippen molar-refractivity contribution in [3.05, 3.63) is 29.3 Å². The van der Waals surface area contributed by atoms with Gasteiger partial charge in [-0.1, -0.05) is 12.1 Å². The molecule has 100 valence electrons. The molecule has 0 aromatic heterocycles. The molecule has 1 amide bonds. The van der Waals surface area contributed by atoms with Gasteiger partial charge in [-0.15, -0.1) is 0 Å². The summed E-state index contributed by atoms with van der Waals surface area (Å²) in [4.78, 5) is 35.6. The Morgan fingerprint density at radius 1 is 1.37 bits per heavy atom. The maximum atomic E-state index is 11.9. The highest BCUT2D eigenvalue weighted by Gasteiger charge is 2.42. The van der Waals surface area contributed by atoms with Gasteiger partial charge in [0, 0.05) is 0 Å². The van der Waals surface area contributed by atoms with E-state index in [1.165, 1.54) is 6.07 Å². The second-order valence-corrected chi connectivity index (χ2v) is 4.77. The quantitative estimate of drug-likeness (QED) is 0.768. The van der Waals surface area contributed by atoms with E-state index in [0.717, 1.165) is 11.8 Å². The maximum Gasteiger partial charge on any atom is 0.337 e. The highest BCUT2D eigenvalue weighted by molar-refractivity contribution is 6.52. The van der Waals surface area contributed by atoms with Crippen LogP contribution in [0.2, 0.25) is 0 Å². The zero-order chi connectivity index (χ0) is 14.4. The minimum absolute atomic E-state index is 0.242. The Hall–Kier alpha value is -2.21. The van der Waals surface area contributed by atoms with E-state index in [1.54, 1.807) is 19.1 Å². The van der Waals surface area contributed by atoms with E-state index in [2.05, 4.69) is 0 Å². The minimum Gasteiger partial charge on any atom is -0.479 e. The Morgan fingerprint density at radius 2 is 2.00 bits per heavy atom. The van der Waals surface area contributed by atoms with Gasteiger partial charge < -0.3 is 15.1 Å². The fourth-order valence-corrected chi connectivity index (χ4v) is 2.07. The summed E-state index contributed by atoms with van der Waals surface area (Å²) in [6, 6.07) is 4.88. The summed E-state index contributed by atoms with van der Waals surface area (Å²) in [6.45, 7) is 2.33. The number of hydrogen-bond donors (Lipinski definition) is 2. The molecule has 2 N–H and O–H groups in total. The Bertz CT molecular complexity index is 591. The smallest absolute Gasteiger partial charge is 0.337 e.